The van der Waals surface area contributed by atoms with Gasteiger partial charge in [-0.3, -0.25) is 24.5 Å². The van der Waals surface area contributed by atoms with Gasteiger partial charge in [-0.25, -0.2) is 0 Å². The van der Waals surface area contributed by atoms with Gasteiger partial charge < -0.3 is 5.32 Å². The lowest BCUT2D eigenvalue weighted by molar-refractivity contribution is -0.385. The van der Waals surface area contributed by atoms with Crippen LogP contribution in [0.2, 0.25) is 0 Å². The fourth-order valence-electron chi connectivity index (χ4n) is 2.11. The molecule has 0 bridgehead atoms. The Morgan fingerprint density at radius 2 is 2.38 bits per heavy atom. The first-order valence-corrected chi connectivity index (χ1v) is 6.86. The summed E-state index contributed by atoms with van der Waals surface area (Å²) >= 11 is 0. The van der Waals surface area contributed by atoms with E-state index in [9.17, 15) is 14.9 Å². The van der Waals surface area contributed by atoms with Crippen molar-refractivity contribution in [2.45, 2.75) is 19.9 Å². The first-order chi connectivity index (χ1) is 10.0. The summed E-state index contributed by atoms with van der Waals surface area (Å²) in [4.78, 5) is 24.0. The van der Waals surface area contributed by atoms with Gasteiger partial charge in [0.25, 0.3) is 0 Å². The lowest BCUT2D eigenvalue weighted by Crippen LogP contribution is -2.38. The Morgan fingerprint density at radius 3 is 3.00 bits per heavy atom. The van der Waals surface area contributed by atoms with E-state index in [4.69, 9.17) is 0 Å². The highest BCUT2D eigenvalue weighted by molar-refractivity contribution is 5.75. The summed E-state index contributed by atoms with van der Waals surface area (Å²) < 4.78 is 1.26. The summed E-state index contributed by atoms with van der Waals surface area (Å²) in [5, 5.41) is 17.1. The van der Waals surface area contributed by atoms with Crippen molar-refractivity contribution in [3.05, 3.63) is 34.2 Å². The summed E-state index contributed by atoms with van der Waals surface area (Å²) in [6.07, 6.45) is 5.66. The van der Waals surface area contributed by atoms with Gasteiger partial charge in [-0.05, 0) is 13.3 Å². The summed E-state index contributed by atoms with van der Waals surface area (Å²) in [6, 6.07) is 0. The fourth-order valence-corrected chi connectivity index (χ4v) is 2.11. The van der Waals surface area contributed by atoms with Gasteiger partial charge in [0.1, 0.15) is 18.9 Å². The quantitative estimate of drug-likeness (QED) is 0.470. The van der Waals surface area contributed by atoms with E-state index in [1.807, 2.05) is 0 Å². The number of nitrogens with one attached hydrogen (secondary N) is 1. The van der Waals surface area contributed by atoms with Crippen molar-refractivity contribution in [3.63, 3.8) is 0 Å². The van der Waals surface area contributed by atoms with Crippen molar-refractivity contribution in [2.24, 2.45) is 0 Å². The van der Waals surface area contributed by atoms with Crippen LogP contribution in [0.25, 0.3) is 0 Å². The lowest BCUT2D eigenvalue weighted by Gasteiger charge is -2.25. The molecule has 1 amide bonds. The van der Waals surface area contributed by atoms with Crippen molar-refractivity contribution < 1.29 is 9.72 Å². The molecule has 21 heavy (non-hydrogen) atoms. The molecular weight excluding hydrogens is 274 g/mol. The molecule has 1 N–H and O–H groups in total. The van der Waals surface area contributed by atoms with Crippen LogP contribution in [-0.4, -0.2) is 51.7 Å². The number of nitrogens with zero attached hydrogens (tertiary/aromatic N) is 4. The lowest BCUT2D eigenvalue weighted by atomic mass is 10.1. The Labute approximate surface area is 122 Å². The van der Waals surface area contributed by atoms with E-state index >= 15 is 0 Å². The third-order valence-corrected chi connectivity index (χ3v) is 3.41. The Bertz CT molecular complexity index is 552. The molecule has 0 saturated heterocycles. The largest absolute Gasteiger partial charge is 0.353 e. The third kappa shape index (κ3) is 4.67. The molecule has 0 unspecified atom stereocenters. The second-order valence-electron chi connectivity index (χ2n) is 5.10. The van der Waals surface area contributed by atoms with Crippen LogP contribution in [0.1, 0.15) is 13.3 Å². The maximum Gasteiger partial charge on any atom is 0.307 e. The van der Waals surface area contributed by atoms with Crippen LogP contribution in [0.4, 0.5) is 5.69 Å². The van der Waals surface area contributed by atoms with E-state index in [0.717, 1.165) is 32.3 Å². The zero-order valence-corrected chi connectivity index (χ0v) is 12.0. The number of aromatic nitrogens is 2. The SMILES string of the molecule is CC1=CCN(CCNC(=O)Cn2cc([N+](=O)[O-])cn2)CC1. The number of nitro groups is 1. The van der Waals surface area contributed by atoms with Crippen LogP contribution in [0.5, 0.6) is 0 Å². The second-order valence-corrected chi connectivity index (χ2v) is 5.10. The molecule has 8 nitrogen and oxygen atoms in total. The van der Waals surface area contributed by atoms with Crippen LogP contribution in [0.3, 0.4) is 0 Å². The van der Waals surface area contributed by atoms with Gasteiger partial charge in [-0.15, -0.1) is 0 Å². The van der Waals surface area contributed by atoms with E-state index in [2.05, 4.69) is 28.3 Å². The molecule has 0 aliphatic carbocycles. The van der Waals surface area contributed by atoms with Crippen molar-refractivity contribution in [3.8, 4) is 0 Å². The van der Waals surface area contributed by atoms with Gasteiger partial charge >= 0.3 is 5.69 Å². The van der Waals surface area contributed by atoms with Crippen LogP contribution in [0.15, 0.2) is 24.0 Å². The zero-order chi connectivity index (χ0) is 15.2. The molecule has 0 atom stereocenters. The minimum Gasteiger partial charge on any atom is -0.353 e. The number of carbonyl (C=O) groups is 1. The fraction of sp³-hybridized carbons (Fsp3) is 0.538. The smallest absolute Gasteiger partial charge is 0.307 e. The van der Waals surface area contributed by atoms with Gasteiger partial charge in [0.05, 0.1) is 4.92 Å². The first-order valence-electron chi connectivity index (χ1n) is 6.86. The predicted molar refractivity (Wildman–Crippen MR) is 76.7 cm³/mol. The highest BCUT2D eigenvalue weighted by atomic mass is 16.6. The topological polar surface area (TPSA) is 93.3 Å². The minimum atomic E-state index is -0.534. The van der Waals surface area contributed by atoms with Gasteiger partial charge in [0.2, 0.25) is 5.91 Å². The Kier molecular flexibility index (Phi) is 5.04. The van der Waals surface area contributed by atoms with Gasteiger partial charge in [-0.2, -0.15) is 5.10 Å². The Hall–Kier alpha value is -2.22. The monoisotopic (exact) mass is 293 g/mol. The number of rotatable bonds is 6. The Balaban J connectivity index is 1.68. The van der Waals surface area contributed by atoms with E-state index < -0.39 is 4.92 Å². The molecule has 0 radical (unpaired) electrons. The molecule has 0 aromatic carbocycles. The molecule has 0 fully saturated rings. The average molecular weight is 293 g/mol. The molecule has 0 saturated carbocycles. The highest BCUT2D eigenvalue weighted by Crippen LogP contribution is 2.08. The zero-order valence-electron chi connectivity index (χ0n) is 12.0. The number of amides is 1. The molecule has 2 heterocycles. The van der Waals surface area contributed by atoms with Crippen molar-refractivity contribution in [1.82, 2.24) is 20.0 Å². The van der Waals surface area contributed by atoms with Crippen LogP contribution in [0, 0.1) is 10.1 Å². The molecule has 1 aliphatic rings. The van der Waals surface area contributed by atoms with Gasteiger partial charge in [0.15, 0.2) is 0 Å². The van der Waals surface area contributed by atoms with Crippen molar-refractivity contribution in [1.29, 1.82) is 0 Å². The molecule has 1 aliphatic heterocycles. The van der Waals surface area contributed by atoms with Crippen molar-refractivity contribution >= 4 is 11.6 Å². The van der Waals surface area contributed by atoms with Crippen LogP contribution in [-0.2, 0) is 11.3 Å². The van der Waals surface area contributed by atoms with E-state index in [-0.39, 0.29) is 18.1 Å². The summed E-state index contributed by atoms with van der Waals surface area (Å²) in [7, 11) is 0. The van der Waals surface area contributed by atoms with Crippen molar-refractivity contribution in [2.75, 3.05) is 26.2 Å². The standard InChI is InChI=1S/C13H19N5O3/c1-11-2-5-16(6-3-11)7-4-14-13(19)10-17-9-12(8-15-17)18(20)21/h2,8-9H,3-7,10H2,1H3,(H,14,19). The second kappa shape index (κ2) is 6.98. The molecule has 8 heteroatoms. The summed E-state index contributed by atoms with van der Waals surface area (Å²) in [5.74, 6) is -0.197. The normalized spacial score (nSPS) is 15.6. The molecule has 2 rings (SSSR count). The van der Waals surface area contributed by atoms with E-state index in [1.165, 1.54) is 16.5 Å². The summed E-state index contributed by atoms with van der Waals surface area (Å²) in [6.45, 7) is 5.43. The Morgan fingerprint density at radius 1 is 1.57 bits per heavy atom. The molecule has 1 aromatic heterocycles. The molecular formula is C13H19N5O3. The van der Waals surface area contributed by atoms with Gasteiger partial charge in [-0.1, -0.05) is 11.6 Å². The maximum atomic E-state index is 11.7. The van der Waals surface area contributed by atoms with Crippen LogP contribution < -0.4 is 5.32 Å². The molecule has 1 aromatic rings. The third-order valence-electron chi connectivity index (χ3n) is 3.41. The van der Waals surface area contributed by atoms with Crippen LogP contribution >= 0.6 is 0 Å². The summed E-state index contributed by atoms with van der Waals surface area (Å²) in [5.41, 5.74) is 1.30. The van der Waals surface area contributed by atoms with E-state index in [1.54, 1.807) is 0 Å². The highest BCUT2D eigenvalue weighted by Gasteiger charge is 2.12. The first kappa shape index (κ1) is 15.2. The molecule has 0 spiro atoms. The number of hydrogen-bond acceptors (Lipinski definition) is 5. The number of hydrogen-bond donors (Lipinski definition) is 1. The number of carbonyl (C=O) groups excluding carboxylic acids is 1. The van der Waals surface area contributed by atoms with Gasteiger partial charge in [0, 0.05) is 26.2 Å². The minimum absolute atomic E-state index is 0.00709. The predicted octanol–water partition coefficient (Wildman–Crippen LogP) is 0.559. The average Bonchev–Trinajstić information content (AvgIpc) is 2.90. The maximum absolute atomic E-state index is 11.7. The van der Waals surface area contributed by atoms with E-state index in [0.29, 0.717) is 6.54 Å². The molecule has 114 valence electrons.